The van der Waals surface area contributed by atoms with Gasteiger partial charge in [-0.1, -0.05) is 12.8 Å². The molecule has 0 unspecified atom stereocenters. The second kappa shape index (κ2) is 26.1. The molecule has 7 N–H and O–H groups in total. The molecular formula is C20H47Cl2MnN7. The van der Waals surface area contributed by atoms with Crippen LogP contribution in [0.4, 0.5) is 0 Å². The van der Waals surface area contributed by atoms with E-state index in [4.69, 9.17) is 20.2 Å². The Kier molecular flexibility index (Phi) is 26.8. The Morgan fingerprint density at radius 2 is 1.13 bits per heavy atom. The molecule has 0 aromatic carbocycles. The number of hydrogen-bond donors (Lipinski definition) is 7. The monoisotopic (exact) mass is 510 g/mol. The molecule has 1 aliphatic heterocycles. The van der Waals surface area contributed by atoms with Gasteiger partial charge in [-0.3, -0.25) is 0 Å². The molecule has 0 bridgehead atoms. The van der Waals surface area contributed by atoms with Crippen molar-refractivity contribution in [2.45, 2.75) is 50.6 Å². The molecule has 7 nitrogen and oxygen atoms in total. The van der Waals surface area contributed by atoms with Gasteiger partial charge in [0.2, 0.25) is 0 Å². The van der Waals surface area contributed by atoms with Crippen molar-refractivity contribution in [3.8, 4) is 0 Å². The minimum absolute atomic E-state index is 0.00694. The molecule has 1 heterocycles. The molecule has 0 aromatic heterocycles. The van der Waals surface area contributed by atoms with Gasteiger partial charge in [-0.15, -0.1) is 0 Å². The summed E-state index contributed by atoms with van der Waals surface area (Å²) in [6.07, 6.45) is 7.57. The molecule has 0 spiro atoms. The second-order valence-corrected chi connectivity index (χ2v) is 9.66. The van der Waals surface area contributed by atoms with Crippen LogP contribution in [0.1, 0.15) is 38.5 Å². The third kappa shape index (κ3) is 22.0. The molecule has 0 radical (unpaired) electrons. The van der Waals surface area contributed by atoms with Crippen molar-refractivity contribution < 1.29 is 13.1 Å². The third-order valence-electron chi connectivity index (χ3n) is 5.19. The maximum atomic E-state index is 4.80. The summed E-state index contributed by atoms with van der Waals surface area (Å²) in [4.78, 5) is 0. The summed E-state index contributed by atoms with van der Waals surface area (Å²) in [7, 11) is 13.7. The van der Waals surface area contributed by atoms with E-state index in [1.807, 2.05) is 14.1 Å². The first-order valence-electron chi connectivity index (χ1n) is 11.5. The van der Waals surface area contributed by atoms with Crippen molar-refractivity contribution >= 4 is 20.2 Å². The van der Waals surface area contributed by atoms with Crippen LogP contribution in [0.5, 0.6) is 0 Å². The van der Waals surface area contributed by atoms with E-state index in [1.54, 1.807) is 0 Å². The molecule has 1 rings (SSSR count). The predicted molar refractivity (Wildman–Crippen MR) is 129 cm³/mol. The van der Waals surface area contributed by atoms with Crippen LogP contribution in [-0.2, 0) is 13.1 Å². The van der Waals surface area contributed by atoms with Crippen LogP contribution in [0.25, 0.3) is 0 Å². The normalized spacial score (nSPS) is 22.4. The van der Waals surface area contributed by atoms with Crippen LogP contribution in [0, 0.1) is 0 Å². The van der Waals surface area contributed by atoms with Gasteiger partial charge in [0.25, 0.3) is 0 Å². The first kappa shape index (κ1) is 30.8. The van der Waals surface area contributed by atoms with Gasteiger partial charge in [0.15, 0.2) is 0 Å². The average molecular weight is 511 g/mol. The van der Waals surface area contributed by atoms with E-state index in [0.717, 1.165) is 65.4 Å². The van der Waals surface area contributed by atoms with Crippen LogP contribution < -0.4 is 37.2 Å². The van der Waals surface area contributed by atoms with Gasteiger partial charge in [0, 0.05) is 64.4 Å². The zero-order valence-electron chi connectivity index (χ0n) is 19.1. The number of rotatable bonds is 10. The van der Waals surface area contributed by atoms with Crippen molar-refractivity contribution in [2.24, 2.45) is 0 Å². The zero-order valence-corrected chi connectivity index (χ0v) is 21.8. The fourth-order valence-corrected chi connectivity index (χ4v) is 3.49. The number of unbranched alkanes of at least 4 members (excludes halogenated alkanes) is 2. The van der Waals surface area contributed by atoms with Gasteiger partial charge in [-0.2, -0.15) is 0 Å². The van der Waals surface area contributed by atoms with Crippen molar-refractivity contribution in [3.05, 3.63) is 0 Å². The Balaban J connectivity index is 0.00000263. The Morgan fingerprint density at radius 1 is 0.667 bits per heavy atom. The van der Waals surface area contributed by atoms with E-state index in [9.17, 15) is 0 Å². The Morgan fingerprint density at radius 3 is 1.67 bits per heavy atom. The Hall–Kier alpha value is 0.819. The summed E-state index contributed by atoms with van der Waals surface area (Å²) in [5, 5.41) is 24.8. The Labute approximate surface area is 200 Å². The molecule has 2 atom stereocenters. The zero-order chi connectivity index (χ0) is 22.1. The van der Waals surface area contributed by atoms with E-state index in [1.165, 1.54) is 38.5 Å². The van der Waals surface area contributed by atoms with Gasteiger partial charge in [0.1, 0.15) is 0 Å². The molecule has 183 valence electrons. The molecule has 0 aromatic rings. The minimum atomic E-state index is 0.00694. The van der Waals surface area contributed by atoms with Gasteiger partial charge in [-0.05, 0) is 52.9 Å². The van der Waals surface area contributed by atoms with E-state index >= 15 is 0 Å². The molecule has 1 fully saturated rings. The summed E-state index contributed by atoms with van der Waals surface area (Å²) >= 11 is 0.00694. The molecule has 10 heteroatoms. The fourth-order valence-electron chi connectivity index (χ4n) is 3.49. The summed E-state index contributed by atoms with van der Waals surface area (Å²) in [5.74, 6) is 0. The topological polar surface area (TPSA) is 84.2 Å². The van der Waals surface area contributed by atoms with Crippen LogP contribution in [0.3, 0.4) is 0 Å². The molecule has 0 aliphatic carbocycles. The number of nitrogens with one attached hydrogen (secondary N) is 7. The van der Waals surface area contributed by atoms with Crippen molar-refractivity contribution in [1.29, 1.82) is 0 Å². The molecule has 1 aliphatic rings. The van der Waals surface area contributed by atoms with E-state index < -0.39 is 0 Å². The third-order valence-corrected chi connectivity index (χ3v) is 5.19. The first-order chi connectivity index (χ1) is 14.8. The van der Waals surface area contributed by atoms with Crippen molar-refractivity contribution in [1.82, 2.24) is 37.2 Å². The second-order valence-electron chi connectivity index (χ2n) is 7.71. The quantitative estimate of drug-likeness (QED) is 0.173. The van der Waals surface area contributed by atoms with Gasteiger partial charge >= 0.3 is 33.3 Å². The summed E-state index contributed by atoms with van der Waals surface area (Å²) in [6, 6.07) is 1.12. The van der Waals surface area contributed by atoms with E-state index in [0.29, 0.717) is 12.1 Å². The van der Waals surface area contributed by atoms with Crippen molar-refractivity contribution in [3.63, 3.8) is 0 Å². The van der Waals surface area contributed by atoms with Crippen LogP contribution in [-0.4, -0.2) is 91.6 Å². The standard InChI is InChI=1S/C20H47N7.2ClH.Mn/c1-21-9-5-3-7-19-17-25-14-13-23-11-12-24-15-16-26-20(18-27-19)8-4-6-10-22-2;;;/h19-27H,3-18H2,1-2H3;2*1H;/q;;;+2/p-2/t19-,20+;;;/m1.../s1. The summed E-state index contributed by atoms with van der Waals surface area (Å²) < 4.78 is 0. The van der Waals surface area contributed by atoms with E-state index in [2.05, 4.69) is 37.2 Å². The summed E-state index contributed by atoms with van der Waals surface area (Å²) in [5.41, 5.74) is 0. The molecule has 0 saturated carbocycles. The predicted octanol–water partition coefficient (Wildman–Crippen LogP) is 0.841. The van der Waals surface area contributed by atoms with E-state index in [-0.39, 0.29) is 13.1 Å². The van der Waals surface area contributed by atoms with Gasteiger partial charge in [-0.25, -0.2) is 0 Å². The Bertz CT molecular complexity index is 306. The average Bonchev–Trinajstić information content (AvgIpc) is 2.75. The SMILES string of the molecule is CNCCCC[C@@H]1CNCCNCCNCCN[C@@H](CCCCNC)CN1.[Cl][Mn][Cl]. The van der Waals surface area contributed by atoms with Crippen LogP contribution >= 0.6 is 20.2 Å². The van der Waals surface area contributed by atoms with Gasteiger partial charge < -0.3 is 37.2 Å². The molecule has 30 heavy (non-hydrogen) atoms. The number of halogens is 2. The fraction of sp³-hybridized carbons (Fsp3) is 1.00. The first-order valence-corrected chi connectivity index (χ1v) is 14.8. The number of hydrogen-bond acceptors (Lipinski definition) is 7. The van der Waals surface area contributed by atoms with Crippen molar-refractivity contribution in [2.75, 3.05) is 79.5 Å². The molecule has 1 saturated heterocycles. The van der Waals surface area contributed by atoms with Crippen LogP contribution in [0.2, 0.25) is 0 Å². The molecular weight excluding hydrogens is 464 g/mol. The maximum absolute atomic E-state index is 4.80. The van der Waals surface area contributed by atoms with Gasteiger partial charge in [0.05, 0.1) is 0 Å². The molecule has 0 amide bonds. The summed E-state index contributed by atoms with van der Waals surface area (Å²) in [6.45, 7) is 10.6. The van der Waals surface area contributed by atoms with Crippen LogP contribution in [0.15, 0.2) is 0 Å².